The van der Waals surface area contributed by atoms with Crippen LogP contribution in [0.3, 0.4) is 0 Å². The number of fused-ring (bicyclic) bond motifs is 4. The number of methoxy groups -OCH3 is 1. The minimum atomic E-state index is -3.91. The highest BCUT2D eigenvalue weighted by Gasteiger charge is 2.49. The van der Waals surface area contributed by atoms with Gasteiger partial charge in [-0.05, 0) is 77.5 Å². The van der Waals surface area contributed by atoms with E-state index in [4.69, 9.17) is 4.74 Å². The Bertz CT molecular complexity index is 1350. The molecule has 6 rings (SSSR count). The number of aliphatic hydroxyl groups is 2. The maximum absolute atomic E-state index is 13.6. The van der Waals surface area contributed by atoms with Gasteiger partial charge in [0.05, 0.1) is 24.1 Å². The van der Waals surface area contributed by atoms with Crippen LogP contribution < -0.4 is 9.46 Å². The van der Waals surface area contributed by atoms with Crippen molar-refractivity contribution in [2.45, 2.75) is 80.9 Å². The van der Waals surface area contributed by atoms with E-state index in [-0.39, 0.29) is 10.6 Å². The van der Waals surface area contributed by atoms with Gasteiger partial charge in [0.15, 0.2) is 0 Å². The van der Waals surface area contributed by atoms with Gasteiger partial charge in [0, 0.05) is 11.1 Å². The summed E-state index contributed by atoms with van der Waals surface area (Å²) in [6, 6.07) is 5.03. The summed E-state index contributed by atoms with van der Waals surface area (Å²) in [4.78, 5) is 5.26. The number of nitrogens with zero attached hydrogens (tertiary/aromatic N) is 3. The molecule has 0 spiro atoms. The van der Waals surface area contributed by atoms with Gasteiger partial charge in [-0.15, -0.1) is 0 Å². The van der Waals surface area contributed by atoms with Gasteiger partial charge in [0.1, 0.15) is 21.3 Å². The zero-order chi connectivity index (χ0) is 24.5. The molecule has 3 N–H and O–H groups in total. The highest BCUT2D eigenvalue weighted by atomic mass is 32.2. The SMILES string of the molecule is COc1ccc(-c2c(C)nc3sc(C(C)(C)O)nn23)cc1S(=O)(=O)NC12CCC(O)(CC1)CC2. The number of hydrogen-bond acceptors (Lipinski definition) is 8. The van der Waals surface area contributed by atoms with Gasteiger partial charge < -0.3 is 14.9 Å². The summed E-state index contributed by atoms with van der Waals surface area (Å²) in [7, 11) is -2.46. The standard InChI is InChI=1S/C23H30N4O5S2/c1-14-18(27-20(24-14)33-19(25-27)21(2,3)28)15-5-6-16(32-4)17(13-15)34(30,31)26-22-7-10-23(29,11-8-22)12-9-22/h5-6,13,26,28-29H,7-12H2,1-4H3. The van der Waals surface area contributed by atoms with Crippen molar-refractivity contribution in [3.05, 3.63) is 28.9 Å². The molecule has 0 atom stereocenters. The van der Waals surface area contributed by atoms with E-state index in [2.05, 4.69) is 14.8 Å². The van der Waals surface area contributed by atoms with E-state index in [1.54, 1.807) is 36.6 Å². The number of rotatable bonds is 6. The van der Waals surface area contributed by atoms with E-state index < -0.39 is 26.8 Å². The Morgan fingerprint density at radius 2 is 1.82 bits per heavy atom. The molecular weight excluding hydrogens is 476 g/mol. The summed E-state index contributed by atoms with van der Waals surface area (Å²) in [6.07, 6.45) is 3.66. The van der Waals surface area contributed by atoms with E-state index in [1.165, 1.54) is 18.4 Å². The average molecular weight is 507 g/mol. The van der Waals surface area contributed by atoms with Crippen LogP contribution >= 0.6 is 11.3 Å². The Kier molecular flexibility index (Phi) is 5.38. The largest absolute Gasteiger partial charge is 0.495 e. The Morgan fingerprint density at radius 3 is 2.41 bits per heavy atom. The van der Waals surface area contributed by atoms with Crippen molar-refractivity contribution < 1.29 is 23.4 Å². The third kappa shape index (κ3) is 3.93. The lowest BCUT2D eigenvalue weighted by atomic mass is 9.64. The molecule has 34 heavy (non-hydrogen) atoms. The third-order valence-corrected chi connectivity index (χ3v) is 10.0. The van der Waals surface area contributed by atoms with Crippen molar-refractivity contribution >= 4 is 26.3 Å². The summed E-state index contributed by atoms with van der Waals surface area (Å²) in [5, 5.41) is 25.9. The maximum atomic E-state index is 13.6. The zero-order valence-corrected chi connectivity index (χ0v) is 21.4. The Labute approximate surface area is 202 Å². The molecule has 3 aliphatic carbocycles. The number of nitrogens with one attached hydrogen (secondary N) is 1. The number of imidazole rings is 1. The lowest BCUT2D eigenvalue weighted by Crippen LogP contribution is -2.58. The van der Waals surface area contributed by atoms with Crippen LogP contribution in [0, 0.1) is 6.92 Å². The molecule has 0 amide bonds. The smallest absolute Gasteiger partial charge is 0.244 e. The normalized spacial score (nSPS) is 25.2. The molecule has 184 valence electrons. The summed E-state index contributed by atoms with van der Waals surface area (Å²) >= 11 is 1.30. The van der Waals surface area contributed by atoms with Gasteiger partial charge in [-0.3, -0.25) is 0 Å². The predicted molar refractivity (Wildman–Crippen MR) is 129 cm³/mol. The van der Waals surface area contributed by atoms with E-state index in [0.29, 0.717) is 65.4 Å². The molecule has 2 bridgehead atoms. The number of aromatic nitrogens is 3. The first-order chi connectivity index (χ1) is 15.8. The molecule has 0 radical (unpaired) electrons. The van der Waals surface area contributed by atoms with E-state index in [1.807, 2.05) is 6.92 Å². The van der Waals surface area contributed by atoms with Crippen LogP contribution in [0.5, 0.6) is 5.75 Å². The van der Waals surface area contributed by atoms with Crippen LogP contribution in [0.2, 0.25) is 0 Å². The van der Waals surface area contributed by atoms with E-state index in [0.717, 1.165) is 0 Å². The Balaban J connectivity index is 1.56. The highest BCUT2D eigenvalue weighted by molar-refractivity contribution is 7.89. The molecule has 3 saturated carbocycles. The van der Waals surface area contributed by atoms with Crippen LogP contribution in [0.1, 0.15) is 63.1 Å². The van der Waals surface area contributed by atoms with Gasteiger partial charge in [0.25, 0.3) is 0 Å². The third-order valence-electron chi connectivity index (χ3n) is 7.19. The van der Waals surface area contributed by atoms with E-state index >= 15 is 0 Å². The first-order valence-corrected chi connectivity index (χ1v) is 13.7. The minimum absolute atomic E-state index is 0.0561. The molecule has 11 heteroatoms. The Morgan fingerprint density at radius 1 is 1.18 bits per heavy atom. The predicted octanol–water partition coefficient (Wildman–Crippen LogP) is 3.12. The molecule has 9 nitrogen and oxygen atoms in total. The lowest BCUT2D eigenvalue weighted by Gasteiger charge is -2.50. The first kappa shape index (κ1) is 23.7. The summed E-state index contributed by atoms with van der Waals surface area (Å²) in [5.41, 5.74) is -0.288. The van der Waals surface area contributed by atoms with Gasteiger partial charge in [-0.1, -0.05) is 11.3 Å². The molecule has 0 unspecified atom stereocenters. The first-order valence-electron chi connectivity index (χ1n) is 11.4. The lowest BCUT2D eigenvalue weighted by molar-refractivity contribution is -0.0670. The second kappa shape index (κ2) is 7.72. The zero-order valence-electron chi connectivity index (χ0n) is 19.8. The van der Waals surface area contributed by atoms with Crippen LogP contribution in [0.4, 0.5) is 0 Å². The van der Waals surface area contributed by atoms with Crippen molar-refractivity contribution in [3.8, 4) is 17.0 Å². The minimum Gasteiger partial charge on any atom is -0.495 e. The van der Waals surface area contributed by atoms with Crippen molar-refractivity contribution in [1.29, 1.82) is 0 Å². The fourth-order valence-corrected chi connectivity index (χ4v) is 7.75. The maximum Gasteiger partial charge on any atom is 0.244 e. The highest BCUT2D eigenvalue weighted by Crippen LogP contribution is 2.47. The molecule has 0 aliphatic heterocycles. The average Bonchev–Trinajstić information content (AvgIpc) is 3.31. The summed E-state index contributed by atoms with van der Waals surface area (Å²) < 4.78 is 37.3. The van der Waals surface area contributed by atoms with E-state index in [9.17, 15) is 18.6 Å². The monoisotopic (exact) mass is 506 g/mol. The molecular formula is C23H30N4O5S2. The number of aryl methyl sites for hydroxylation is 1. The van der Waals surface area contributed by atoms with Gasteiger partial charge >= 0.3 is 0 Å². The summed E-state index contributed by atoms with van der Waals surface area (Å²) in [5.74, 6) is 0.254. The molecule has 3 aromatic rings. The van der Waals surface area contributed by atoms with Gasteiger partial charge in [-0.2, -0.15) is 5.10 Å². The number of ether oxygens (including phenoxy) is 1. The van der Waals surface area contributed by atoms with Crippen molar-refractivity contribution in [1.82, 2.24) is 19.3 Å². The van der Waals surface area contributed by atoms with Crippen LogP contribution in [-0.2, 0) is 15.6 Å². The van der Waals surface area contributed by atoms with Gasteiger partial charge in [0.2, 0.25) is 15.0 Å². The quantitative estimate of drug-likeness (QED) is 0.469. The molecule has 2 heterocycles. The molecule has 3 fully saturated rings. The molecule has 2 aromatic heterocycles. The van der Waals surface area contributed by atoms with Crippen LogP contribution in [-0.4, -0.2) is 51.5 Å². The topological polar surface area (TPSA) is 126 Å². The van der Waals surface area contributed by atoms with Gasteiger partial charge in [-0.25, -0.2) is 22.6 Å². The number of hydrogen-bond donors (Lipinski definition) is 3. The second-order valence-electron chi connectivity index (χ2n) is 10.2. The molecule has 3 aliphatic rings. The van der Waals surface area contributed by atoms with Crippen LogP contribution in [0.15, 0.2) is 23.1 Å². The fourth-order valence-electron chi connectivity index (χ4n) is 5.12. The number of benzene rings is 1. The fraction of sp³-hybridized carbons (Fsp3) is 0.565. The summed E-state index contributed by atoms with van der Waals surface area (Å²) in [6.45, 7) is 5.18. The molecule has 1 aromatic carbocycles. The molecule has 0 saturated heterocycles. The van der Waals surface area contributed by atoms with Crippen molar-refractivity contribution in [2.75, 3.05) is 7.11 Å². The van der Waals surface area contributed by atoms with Crippen molar-refractivity contribution in [3.63, 3.8) is 0 Å². The Hall–Kier alpha value is -2.05. The number of sulfonamides is 1. The second-order valence-corrected chi connectivity index (χ2v) is 12.8. The van der Waals surface area contributed by atoms with Crippen molar-refractivity contribution in [2.24, 2.45) is 0 Å². The van der Waals surface area contributed by atoms with Crippen LogP contribution in [0.25, 0.3) is 16.2 Å².